The summed E-state index contributed by atoms with van der Waals surface area (Å²) in [6, 6.07) is 0. The lowest BCUT2D eigenvalue weighted by Gasteiger charge is -2.10. The van der Waals surface area contributed by atoms with Crippen LogP contribution in [0.25, 0.3) is 0 Å². The van der Waals surface area contributed by atoms with Crippen molar-refractivity contribution in [1.82, 2.24) is 0 Å². The van der Waals surface area contributed by atoms with Gasteiger partial charge in [0, 0.05) is 6.92 Å². The van der Waals surface area contributed by atoms with Crippen molar-refractivity contribution in [3.05, 3.63) is 30.6 Å². The van der Waals surface area contributed by atoms with Gasteiger partial charge in [0.2, 0.25) is 0 Å². The van der Waals surface area contributed by atoms with Crippen LogP contribution in [0.3, 0.4) is 0 Å². The van der Waals surface area contributed by atoms with Crippen molar-refractivity contribution < 1.29 is 4.90 Å². The molecular weight excluding hydrogens is 172 g/mol. The van der Waals surface area contributed by atoms with E-state index < -0.39 is 0 Å². The van der Waals surface area contributed by atoms with Crippen LogP contribution < -0.4 is 4.90 Å². The number of nitrogens with one attached hydrogen (secondary N) is 1. The number of hydrogen-bond acceptors (Lipinski definition) is 1. The molecule has 0 aromatic carbocycles. The summed E-state index contributed by atoms with van der Waals surface area (Å²) in [4.78, 5) is 1.55. The van der Waals surface area contributed by atoms with E-state index in [1.54, 1.807) is 4.90 Å². The van der Waals surface area contributed by atoms with E-state index in [1.807, 2.05) is 0 Å². The predicted molar refractivity (Wildman–Crippen MR) is 57.8 cm³/mol. The third-order valence-electron chi connectivity index (χ3n) is 2.45. The van der Waals surface area contributed by atoms with Crippen molar-refractivity contribution >= 4 is 0 Å². The Labute approximate surface area is 87.5 Å². The Bertz CT molecular complexity index is 214. The molecule has 0 saturated heterocycles. The molecule has 0 fully saturated rings. The lowest BCUT2D eigenvalue weighted by molar-refractivity contribution is -0.802. The highest BCUT2D eigenvalue weighted by molar-refractivity contribution is 5.08. The third-order valence-corrected chi connectivity index (χ3v) is 2.45. The summed E-state index contributed by atoms with van der Waals surface area (Å²) >= 11 is 0. The maximum Gasteiger partial charge on any atom is 0.109 e. The van der Waals surface area contributed by atoms with Crippen LogP contribution in [0.15, 0.2) is 24.0 Å². The number of nitrogens with zero attached hydrogens (tertiary/aromatic N) is 1. The van der Waals surface area contributed by atoms with Gasteiger partial charge in [0.15, 0.2) is 0 Å². The van der Waals surface area contributed by atoms with Crippen molar-refractivity contribution in [3.63, 3.8) is 0 Å². The first-order valence-electron chi connectivity index (χ1n) is 5.28. The van der Waals surface area contributed by atoms with Gasteiger partial charge in [-0.3, -0.25) is 4.90 Å². The van der Waals surface area contributed by atoms with Crippen LogP contribution >= 0.6 is 0 Å². The average Bonchev–Trinajstić information content (AvgIpc) is 2.62. The first-order chi connectivity index (χ1) is 6.84. The molecule has 0 aromatic heterocycles. The standard InChI is InChI=1S/C11H19N.CN/c1-3-4-5-6-9-12-10-7-8-11(12)2;1-2/h7-8,10H,3-6,9H2,1-2H3;/q;-1/p+1. The zero-order valence-corrected chi connectivity index (χ0v) is 9.21. The van der Waals surface area contributed by atoms with Gasteiger partial charge in [-0.1, -0.05) is 19.8 Å². The fourth-order valence-corrected chi connectivity index (χ4v) is 1.57. The van der Waals surface area contributed by atoms with E-state index in [0.717, 1.165) is 0 Å². The van der Waals surface area contributed by atoms with Gasteiger partial charge in [0.25, 0.3) is 0 Å². The second kappa shape index (κ2) is 8.52. The van der Waals surface area contributed by atoms with Crippen LogP contribution in [0, 0.1) is 11.8 Å². The SMILES string of the molecule is CCCCCC[NH+]1C=CC=C1C.[C-]#N. The molecule has 0 saturated carbocycles. The lowest BCUT2D eigenvalue weighted by atomic mass is 10.2. The van der Waals surface area contributed by atoms with E-state index >= 15 is 0 Å². The molecule has 1 rings (SSSR count). The lowest BCUT2D eigenvalue weighted by Crippen LogP contribution is -3.04. The Kier molecular flexibility index (Phi) is 7.87. The fraction of sp³-hybridized carbons (Fsp3) is 0.583. The van der Waals surface area contributed by atoms with E-state index in [2.05, 4.69) is 32.2 Å². The number of hydrogen-bond donors (Lipinski definition) is 1. The molecule has 2 nitrogen and oxygen atoms in total. The molecule has 1 atom stereocenters. The van der Waals surface area contributed by atoms with E-state index in [0.29, 0.717) is 0 Å². The topological polar surface area (TPSA) is 28.2 Å². The molecule has 1 N–H and O–H groups in total. The summed E-state index contributed by atoms with van der Waals surface area (Å²) in [5.41, 5.74) is 1.46. The normalized spacial score (nSPS) is 18.6. The van der Waals surface area contributed by atoms with Crippen molar-refractivity contribution in [2.45, 2.75) is 39.5 Å². The quantitative estimate of drug-likeness (QED) is 0.523. The van der Waals surface area contributed by atoms with Crippen molar-refractivity contribution in [2.75, 3.05) is 6.54 Å². The van der Waals surface area contributed by atoms with Gasteiger partial charge in [0.1, 0.15) is 5.70 Å². The highest BCUT2D eigenvalue weighted by atomic mass is 15.1. The Morgan fingerprint density at radius 1 is 1.29 bits per heavy atom. The predicted octanol–water partition coefficient (Wildman–Crippen LogP) is 1.98. The van der Waals surface area contributed by atoms with Crippen molar-refractivity contribution in [2.24, 2.45) is 0 Å². The molecule has 1 heterocycles. The van der Waals surface area contributed by atoms with Gasteiger partial charge in [-0.25, -0.2) is 0 Å². The first kappa shape index (κ1) is 12.9. The highest BCUT2D eigenvalue weighted by Gasteiger charge is 2.10. The Balaban J connectivity index is 0.000000791. The maximum absolute atomic E-state index is 6.25. The van der Waals surface area contributed by atoms with E-state index in [1.165, 1.54) is 37.9 Å². The van der Waals surface area contributed by atoms with E-state index in [4.69, 9.17) is 11.8 Å². The zero-order chi connectivity index (χ0) is 10.8. The second-order valence-corrected chi connectivity index (χ2v) is 3.54. The minimum atomic E-state index is 1.28. The van der Waals surface area contributed by atoms with Crippen LogP contribution in [0.4, 0.5) is 0 Å². The minimum absolute atomic E-state index is 1.28. The largest absolute Gasteiger partial charge is 0.512 e. The molecule has 1 aliphatic rings. The molecule has 1 unspecified atom stereocenters. The number of unbranched alkanes of at least 4 members (excludes halogenated alkanes) is 3. The van der Waals surface area contributed by atoms with E-state index in [-0.39, 0.29) is 0 Å². The molecule has 0 bridgehead atoms. The molecule has 78 valence electrons. The third kappa shape index (κ3) is 4.84. The summed E-state index contributed by atoms with van der Waals surface area (Å²) in [5, 5.41) is 6.25. The Hall–Kier alpha value is -1.07. The first-order valence-corrected chi connectivity index (χ1v) is 5.28. The van der Waals surface area contributed by atoms with Crippen molar-refractivity contribution in [3.8, 4) is 0 Å². The molecule has 1 aliphatic heterocycles. The zero-order valence-electron chi connectivity index (χ0n) is 9.21. The van der Waals surface area contributed by atoms with Gasteiger partial charge in [-0.15, -0.1) is 0 Å². The number of quaternary nitrogens is 1. The number of allylic oxidation sites excluding steroid dienone is 3. The van der Waals surface area contributed by atoms with Gasteiger partial charge >= 0.3 is 0 Å². The summed E-state index contributed by atoms with van der Waals surface area (Å²) in [6.45, 7) is 10.5. The van der Waals surface area contributed by atoms with Crippen LogP contribution in [0.1, 0.15) is 39.5 Å². The van der Waals surface area contributed by atoms with Crippen molar-refractivity contribution in [1.29, 1.82) is 5.26 Å². The Morgan fingerprint density at radius 2 is 2.00 bits per heavy atom. The van der Waals surface area contributed by atoms with Gasteiger partial charge in [-0.05, 0) is 25.0 Å². The molecule has 0 amide bonds. The molecular formula is C12H20N2. The molecule has 0 aromatic rings. The summed E-state index contributed by atoms with van der Waals surface area (Å²) in [5.74, 6) is 0. The Morgan fingerprint density at radius 3 is 2.50 bits per heavy atom. The molecule has 0 spiro atoms. The molecule has 0 aliphatic carbocycles. The summed E-state index contributed by atoms with van der Waals surface area (Å²) in [7, 11) is 0. The smallest absolute Gasteiger partial charge is 0.109 e. The second-order valence-electron chi connectivity index (χ2n) is 3.54. The van der Waals surface area contributed by atoms with E-state index in [9.17, 15) is 0 Å². The minimum Gasteiger partial charge on any atom is -0.512 e. The number of rotatable bonds is 5. The van der Waals surface area contributed by atoms with Gasteiger partial charge < -0.3 is 11.8 Å². The van der Waals surface area contributed by atoms with Crippen LogP contribution in [-0.4, -0.2) is 6.54 Å². The average molecular weight is 192 g/mol. The maximum atomic E-state index is 6.25. The van der Waals surface area contributed by atoms with Gasteiger partial charge in [0.05, 0.1) is 12.7 Å². The molecule has 2 heteroatoms. The van der Waals surface area contributed by atoms with Crippen LogP contribution in [0.2, 0.25) is 0 Å². The van der Waals surface area contributed by atoms with Crippen LogP contribution in [-0.2, 0) is 0 Å². The summed E-state index contributed by atoms with van der Waals surface area (Å²) in [6.07, 6.45) is 12.1. The molecule has 14 heavy (non-hydrogen) atoms. The highest BCUT2D eigenvalue weighted by Crippen LogP contribution is 1.97. The van der Waals surface area contributed by atoms with Crippen LogP contribution in [0.5, 0.6) is 0 Å². The van der Waals surface area contributed by atoms with Gasteiger partial charge in [-0.2, -0.15) is 0 Å². The fourth-order valence-electron chi connectivity index (χ4n) is 1.57. The monoisotopic (exact) mass is 192 g/mol. The summed E-state index contributed by atoms with van der Waals surface area (Å²) < 4.78 is 0. The molecule has 0 radical (unpaired) electrons.